The van der Waals surface area contributed by atoms with Gasteiger partial charge in [-0.05, 0) is 51.4 Å². The van der Waals surface area contributed by atoms with Crippen molar-refractivity contribution in [3.8, 4) is 0 Å². The summed E-state index contributed by atoms with van der Waals surface area (Å²) in [7, 11) is 0. The maximum Gasteiger partial charge on any atom is 0.306 e. The summed E-state index contributed by atoms with van der Waals surface area (Å²) in [6, 6.07) is 0. The van der Waals surface area contributed by atoms with Gasteiger partial charge in [-0.3, -0.25) is 14.4 Å². The van der Waals surface area contributed by atoms with E-state index in [1.165, 1.54) is 154 Å². The monoisotopic (exact) mass is 871 g/mol. The van der Waals surface area contributed by atoms with Gasteiger partial charge in [0.25, 0.3) is 0 Å². The molecular formula is C56H102O6. The smallest absolute Gasteiger partial charge is 0.306 e. The Hall–Kier alpha value is -2.37. The fourth-order valence-corrected chi connectivity index (χ4v) is 7.87. The highest BCUT2D eigenvalue weighted by atomic mass is 16.6. The van der Waals surface area contributed by atoms with E-state index in [0.717, 1.165) is 89.9 Å². The minimum atomic E-state index is -0.770. The minimum absolute atomic E-state index is 0.0732. The molecular weight excluding hydrogens is 769 g/mol. The van der Waals surface area contributed by atoms with Crippen molar-refractivity contribution in [2.45, 2.75) is 290 Å². The van der Waals surface area contributed by atoms with Gasteiger partial charge in [0.1, 0.15) is 13.2 Å². The van der Waals surface area contributed by atoms with Gasteiger partial charge in [-0.1, -0.05) is 250 Å². The predicted octanol–water partition coefficient (Wildman–Crippen LogP) is 17.7. The lowest BCUT2D eigenvalue weighted by Gasteiger charge is -2.18. The molecule has 0 amide bonds. The van der Waals surface area contributed by atoms with E-state index >= 15 is 0 Å². The molecule has 62 heavy (non-hydrogen) atoms. The second-order valence-electron chi connectivity index (χ2n) is 18.1. The second kappa shape index (κ2) is 51.3. The van der Waals surface area contributed by atoms with Crippen LogP contribution in [0.4, 0.5) is 0 Å². The number of carbonyl (C=O) groups excluding carboxylic acids is 3. The third-order valence-corrected chi connectivity index (χ3v) is 11.9. The van der Waals surface area contributed by atoms with E-state index in [4.69, 9.17) is 14.2 Å². The van der Waals surface area contributed by atoms with Crippen LogP contribution in [0.5, 0.6) is 0 Å². The number of hydrogen-bond donors (Lipinski definition) is 0. The van der Waals surface area contributed by atoms with Gasteiger partial charge in [0.05, 0.1) is 0 Å². The summed E-state index contributed by atoms with van der Waals surface area (Å²) in [5.74, 6) is -0.885. The molecule has 0 aromatic carbocycles. The standard InChI is InChI=1S/C56H102O6/c1-4-7-10-13-15-17-19-21-23-25-26-27-28-29-31-32-34-36-38-40-43-46-49-55(58)61-52-53(51-60-54(57)48-45-42-12-9-6-3)62-56(59)50-47-44-41-39-37-35-33-30-24-22-20-18-16-14-11-8-5-2/h8,11,16,18,22,24,53H,4-7,9-10,12-15,17,19-21,23,25-52H2,1-3H3/b11-8-,18-16-,24-22-. The van der Waals surface area contributed by atoms with E-state index in [-0.39, 0.29) is 31.1 Å². The molecule has 0 aliphatic carbocycles. The predicted molar refractivity (Wildman–Crippen MR) is 266 cm³/mol. The lowest BCUT2D eigenvalue weighted by Crippen LogP contribution is -2.30. The molecule has 0 saturated heterocycles. The number of rotatable bonds is 49. The first-order chi connectivity index (χ1) is 30.5. The highest BCUT2D eigenvalue weighted by molar-refractivity contribution is 5.71. The van der Waals surface area contributed by atoms with Crippen LogP contribution in [0.1, 0.15) is 284 Å². The summed E-state index contributed by atoms with van der Waals surface area (Å²) in [5, 5.41) is 0. The van der Waals surface area contributed by atoms with E-state index in [9.17, 15) is 14.4 Å². The van der Waals surface area contributed by atoms with Gasteiger partial charge in [0, 0.05) is 19.3 Å². The fourth-order valence-electron chi connectivity index (χ4n) is 7.87. The van der Waals surface area contributed by atoms with Crippen LogP contribution in [0, 0.1) is 0 Å². The molecule has 0 radical (unpaired) electrons. The summed E-state index contributed by atoms with van der Waals surface area (Å²) < 4.78 is 16.7. The quantitative estimate of drug-likeness (QED) is 0.0262. The summed E-state index contributed by atoms with van der Waals surface area (Å²) in [4.78, 5) is 37.7. The van der Waals surface area contributed by atoms with Crippen molar-refractivity contribution in [1.29, 1.82) is 0 Å². The second-order valence-corrected chi connectivity index (χ2v) is 18.1. The Balaban J connectivity index is 4.08. The third kappa shape index (κ3) is 48.7. The van der Waals surface area contributed by atoms with E-state index < -0.39 is 6.10 Å². The highest BCUT2D eigenvalue weighted by Crippen LogP contribution is 2.17. The molecule has 0 saturated carbocycles. The SMILES string of the molecule is CC/C=C\C/C=C\C/C=C\CCCCCCCCCC(=O)OC(COC(=O)CCCCCCC)COC(=O)CCCCCCCCCCCCCCCCCCCCCCCC. The van der Waals surface area contributed by atoms with Gasteiger partial charge in [-0.25, -0.2) is 0 Å². The molecule has 0 aromatic heterocycles. The molecule has 1 atom stereocenters. The number of esters is 3. The first-order valence-electron chi connectivity index (χ1n) is 27.0. The van der Waals surface area contributed by atoms with Crippen molar-refractivity contribution >= 4 is 17.9 Å². The van der Waals surface area contributed by atoms with Crippen LogP contribution in [0.15, 0.2) is 36.5 Å². The van der Waals surface area contributed by atoms with Crippen molar-refractivity contribution in [1.82, 2.24) is 0 Å². The van der Waals surface area contributed by atoms with Crippen LogP contribution in [0.25, 0.3) is 0 Å². The average molecular weight is 871 g/mol. The number of unbranched alkanes of at least 4 members (excludes halogenated alkanes) is 32. The molecule has 362 valence electrons. The molecule has 6 nitrogen and oxygen atoms in total. The lowest BCUT2D eigenvalue weighted by molar-refractivity contribution is -0.167. The molecule has 0 spiro atoms. The molecule has 1 unspecified atom stereocenters. The molecule has 0 aromatic rings. The number of hydrogen-bond acceptors (Lipinski definition) is 6. The van der Waals surface area contributed by atoms with Crippen LogP contribution in [-0.2, 0) is 28.6 Å². The Morgan fingerprint density at radius 1 is 0.339 bits per heavy atom. The fraction of sp³-hybridized carbons (Fsp3) is 0.839. The van der Waals surface area contributed by atoms with Gasteiger partial charge in [0.15, 0.2) is 6.10 Å². The summed E-state index contributed by atoms with van der Waals surface area (Å²) in [6.07, 6.45) is 60.4. The normalized spacial score (nSPS) is 12.2. The molecule has 0 rings (SSSR count). The van der Waals surface area contributed by atoms with E-state index in [1.807, 2.05) is 0 Å². The van der Waals surface area contributed by atoms with Crippen LogP contribution in [0.3, 0.4) is 0 Å². The highest BCUT2D eigenvalue weighted by Gasteiger charge is 2.19. The van der Waals surface area contributed by atoms with E-state index in [1.54, 1.807) is 0 Å². The average Bonchev–Trinajstić information content (AvgIpc) is 3.27. The summed E-state index contributed by atoms with van der Waals surface area (Å²) in [5.41, 5.74) is 0. The first kappa shape index (κ1) is 59.6. The number of carbonyl (C=O) groups is 3. The van der Waals surface area contributed by atoms with Crippen molar-refractivity contribution in [2.24, 2.45) is 0 Å². The topological polar surface area (TPSA) is 78.9 Å². The van der Waals surface area contributed by atoms with Gasteiger partial charge < -0.3 is 14.2 Å². The lowest BCUT2D eigenvalue weighted by atomic mass is 10.0. The van der Waals surface area contributed by atoms with Crippen molar-refractivity contribution in [3.63, 3.8) is 0 Å². The van der Waals surface area contributed by atoms with Crippen molar-refractivity contribution in [2.75, 3.05) is 13.2 Å². The summed E-state index contributed by atoms with van der Waals surface area (Å²) in [6.45, 7) is 6.47. The van der Waals surface area contributed by atoms with Gasteiger partial charge in [-0.2, -0.15) is 0 Å². The third-order valence-electron chi connectivity index (χ3n) is 11.9. The zero-order valence-electron chi connectivity index (χ0n) is 41.4. The maximum atomic E-state index is 12.7. The molecule has 0 N–H and O–H groups in total. The Bertz CT molecular complexity index is 1050. The van der Waals surface area contributed by atoms with Crippen molar-refractivity contribution in [3.05, 3.63) is 36.5 Å². The minimum Gasteiger partial charge on any atom is -0.462 e. The molecule has 0 fully saturated rings. The Kier molecular flexibility index (Phi) is 49.3. The Morgan fingerprint density at radius 3 is 0.984 bits per heavy atom. The Labute approximate surface area is 385 Å². The van der Waals surface area contributed by atoms with Gasteiger partial charge >= 0.3 is 17.9 Å². The molecule has 6 heteroatoms. The molecule has 0 aliphatic heterocycles. The summed E-state index contributed by atoms with van der Waals surface area (Å²) >= 11 is 0. The van der Waals surface area contributed by atoms with Crippen LogP contribution in [0.2, 0.25) is 0 Å². The van der Waals surface area contributed by atoms with Crippen LogP contribution in [-0.4, -0.2) is 37.2 Å². The zero-order chi connectivity index (χ0) is 45.1. The maximum absolute atomic E-state index is 12.7. The van der Waals surface area contributed by atoms with Gasteiger partial charge in [0.2, 0.25) is 0 Å². The number of allylic oxidation sites excluding steroid dienone is 6. The van der Waals surface area contributed by atoms with E-state index in [0.29, 0.717) is 19.3 Å². The largest absolute Gasteiger partial charge is 0.462 e. The van der Waals surface area contributed by atoms with Crippen LogP contribution < -0.4 is 0 Å². The first-order valence-corrected chi connectivity index (χ1v) is 27.0. The zero-order valence-corrected chi connectivity index (χ0v) is 41.4. The van der Waals surface area contributed by atoms with Crippen LogP contribution >= 0.6 is 0 Å². The van der Waals surface area contributed by atoms with Gasteiger partial charge in [-0.15, -0.1) is 0 Å². The van der Waals surface area contributed by atoms with Crippen molar-refractivity contribution < 1.29 is 28.6 Å². The molecule has 0 heterocycles. The number of ether oxygens (including phenoxy) is 3. The molecule has 0 aliphatic rings. The van der Waals surface area contributed by atoms with E-state index in [2.05, 4.69) is 57.2 Å². The molecule has 0 bridgehead atoms. The Morgan fingerprint density at radius 2 is 0.629 bits per heavy atom.